The number of nitrogens with one attached hydrogen (secondary N) is 1. The Labute approximate surface area is 98.2 Å². The molecular formula is C10H14N4O3. The molecule has 0 aliphatic carbocycles. The average Bonchev–Trinajstić information content (AvgIpc) is 2.26. The van der Waals surface area contributed by atoms with Crippen LogP contribution in [-0.2, 0) is 4.74 Å². The van der Waals surface area contributed by atoms with Gasteiger partial charge in [-0.3, -0.25) is 9.78 Å². The first-order valence-electron chi connectivity index (χ1n) is 5.01. The van der Waals surface area contributed by atoms with E-state index in [0.29, 0.717) is 0 Å². The quantitative estimate of drug-likeness (QED) is 0.459. The minimum atomic E-state index is -0.690. The van der Waals surface area contributed by atoms with E-state index >= 15 is 0 Å². The number of aliphatic imine (C=N–C) groups is 1. The number of hydrogen-bond donors (Lipinski definition) is 1. The van der Waals surface area contributed by atoms with Crippen molar-refractivity contribution in [2.75, 3.05) is 20.7 Å². The summed E-state index contributed by atoms with van der Waals surface area (Å²) in [6.45, 7) is 1.87. The molecule has 1 rings (SSSR count). The van der Waals surface area contributed by atoms with Crippen LogP contribution in [0.3, 0.4) is 0 Å². The standard InChI is InChI=1S/C10H14N4O3/c1-4-17-9(16)7-5-11-10(13-8(7)15)12-6-14(2)3/h5-6H,4H2,1-3H3,(H,11,13,15)/b12-6+. The Morgan fingerprint density at radius 1 is 1.65 bits per heavy atom. The van der Waals surface area contributed by atoms with Crippen LogP contribution in [0.4, 0.5) is 5.95 Å². The predicted molar refractivity (Wildman–Crippen MR) is 62.7 cm³/mol. The third-order valence-corrected chi connectivity index (χ3v) is 1.69. The first-order valence-corrected chi connectivity index (χ1v) is 5.01. The number of nitrogens with zero attached hydrogens (tertiary/aromatic N) is 3. The SMILES string of the molecule is CCOC(=O)c1cnc(/N=C/N(C)C)[nH]c1=O. The summed E-state index contributed by atoms with van der Waals surface area (Å²) in [6.07, 6.45) is 2.64. The summed E-state index contributed by atoms with van der Waals surface area (Å²) in [7, 11) is 3.57. The van der Waals surface area contributed by atoms with Crippen LogP contribution in [0.5, 0.6) is 0 Å². The first-order chi connectivity index (χ1) is 8.04. The smallest absolute Gasteiger partial charge is 0.345 e. The van der Waals surface area contributed by atoms with Gasteiger partial charge in [0.05, 0.1) is 19.1 Å². The zero-order valence-electron chi connectivity index (χ0n) is 9.93. The number of rotatable bonds is 4. The largest absolute Gasteiger partial charge is 0.462 e. The van der Waals surface area contributed by atoms with Crippen LogP contribution in [0.15, 0.2) is 16.0 Å². The van der Waals surface area contributed by atoms with Crippen molar-refractivity contribution in [2.24, 2.45) is 4.99 Å². The minimum Gasteiger partial charge on any atom is -0.462 e. The molecule has 0 aliphatic rings. The lowest BCUT2D eigenvalue weighted by molar-refractivity contribution is 0.0524. The summed E-state index contributed by atoms with van der Waals surface area (Å²) in [6, 6.07) is 0. The van der Waals surface area contributed by atoms with Crippen molar-refractivity contribution in [1.82, 2.24) is 14.9 Å². The van der Waals surface area contributed by atoms with Gasteiger partial charge in [-0.25, -0.2) is 14.8 Å². The van der Waals surface area contributed by atoms with Gasteiger partial charge in [-0.05, 0) is 6.92 Å². The molecule has 0 saturated heterocycles. The molecule has 0 bridgehead atoms. The number of carbonyl (C=O) groups excluding carboxylic acids is 1. The lowest BCUT2D eigenvalue weighted by atomic mass is 10.3. The summed E-state index contributed by atoms with van der Waals surface area (Å²) in [4.78, 5) is 34.6. The van der Waals surface area contributed by atoms with Crippen LogP contribution in [0.25, 0.3) is 0 Å². The lowest BCUT2D eigenvalue weighted by Gasteiger charge is -2.02. The monoisotopic (exact) mass is 238 g/mol. The summed E-state index contributed by atoms with van der Waals surface area (Å²) >= 11 is 0. The van der Waals surface area contributed by atoms with Crippen molar-refractivity contribution in [2.45, 2.75) is 6.92 Å². The molecule has 0 radical (unpaired) electrons. The van der Waals surface area contributed by atoms with Crippen LogP contribution in [0.2, 0.25) is 0 Å². The lowest BCUT2D eigenvalue weighted by Crippen LogP contribution is -2.20. The van der Waals surface area contributed by atoms with Crippen molar-refractivity contribution in [3.63, 3.8) is 0 Å². The molecule has 0 unspecified atom stereocenters. The fourth-order valence-corrected chi connectivity index (χ4v) is 0.975. The second kappa shape index (κ2) is 5.78. The molecule has 7 nitrogen and oxygen atoms in total. The fourth-order valence-electron chi connectivity index (χ4n) is 0.975. The molecule has 1 N–H and O–H groups in total. The Hall–Kier alpha value is -2.18. The third-order valence-electron chi connectivity index (χ3n) is 1.69. The molecule has 0 spiro atoms. The zero-order chi connectivity index (χ0) is 12.8. The first kappa shape index (κ1) is 12.9. The number of ether oxygens (including phenoxy) is 1. The second-order valence-corrected chi connectivity index (χ2v) is 3.38. The molecule has 0 aliphatic heterocycles. The maximum Gasteiger partial charge on any atom is 0.345 e. The van der Waals surface area contributed by atoms with Crippen molar-refractivity contribution in [3.05, 3.63) is 22.1 Å². The predicted octanol–water partition coefficient (Wildman–Crippen LogP) is 0.168. The van der Waals surface area contributed by atoms with Gasteiger partial charge in [0.15, 0.2) is 0 Å². The van der Waals surface area contributed by atoms with E-state index in [1.807, 2.05) is 0 Å². The van der Waals surface area contributed by atoms with Gasteiger partial charge in [0, 0.05) is 14.1 Å². The Balaban J connectivity index is 2.94. The molecule has 1 aromatic heterocycles. The van der Waals surface area contributed by atoms with Gasteiger partial charge in [-0.15, -0.1) is 0 Å². The Kier molecular flexibility index (Phi) is 4.38. The Morgan fingerprint density at radius 3 is 2.88 bits per heavy atom. The number of carbonyl (C=O) groups is 1. The molecule has 1 heterocycles. The van der Waals surface area contributed by atoms with Crippen LogP contribution in [-0.4, -0.2) is 47.9 Å². The van der Waals surface area contributed by atoms with E-state index in [0.717, 1.165) is 6.20 Å². The van der Waals surface area contributed by atoms with Crippen LogP contribution < -0.4 is 5.56 Å². The number of hydrogen-bond acceptors (Lipinski definition) is 5. The van der Waals surface area contributed by atoms with Gasteiger partial charge in [0.25, 0.3) is 5.56 Å². The number of esters is 1. The summed E-state index contributed by atoms with van der Waals surface area (Å²) in [5, 5.41) is 0. The van der Waals surface area contributed by atoms with Gasteiger partial charge in [-0.1, -0.05) is 0 Å². The highest BCUT2D eigenvalue weighted by molar-refractivity contribution is 5.88. The van der Waals surface area contributed by atoms with E-state index in [2.05, 4.69) is 15.0 Å². The van der Waals surface area contributed by atoms with E-state index in [1.165, 1.54) is 6.34 Å². The molecule has 0 aromatic carbocycles. The molecule has 0 atom stereocenters. The van der Waals surface area contributed by atoms with E-state index in [-0.39, 0.29) is 18.1 Å². The molecule has 92 valence electrons. The van der Waals surface area contributed by atoms with Crippen molar-refractivity contribution >= 4 is 18.3 Å². The maximum atomic E-state index is 11.5. The van der Waals surface area contributed by atoms with Crippen molar-refractivity contribution < 1.29 is 9.53 Å². The number of aromatic amines is 1. The molecule has 0 fully saturated rings. The maximum absolute atomic E-state index is 11.5. The van der Waals surface area contributed by atoms with E-state index in [4.69, 9.17) is 4.74 Å². The molecule has 0 saturated carbocycles. The highest BCUT2D eigenvalue weighted by Gasteiger charge is 2.12. The van der Waals surface area contributed by atoms with Gasteiger partial charge in [0.1, 0.15) is 5.56 Å². The Morgan fingerprint density at radius 2 is 2.35 bits per heavy atom. The van der Waals surface area contributed by atoms with Gasteiger partial charge < -0.3 is 9.64 Å². The van der Waals surface area contributed by atoms with Crippen molar-refractivity contribution in [3.8, 4) is 0 Å². The summed E-state index contributed by atoms with van der Waals surface area (Å²) < 4.78 is 4.70. The van der Waals surface area contributed by atoms with Gasteiger partial charge >= 0.3 is 5.97 Å². The van der Waals surface area contributed by atoms with Crippen molar-refractivity contribution in [1.29, 1.82) is 0 Å². The highest BCUT2D eigenvalue weighted by Crippen LogP contribution is 2.00. The van der Waals surface area contributed by atoms with E-state index in [9.17, 15) is 9.59 Å². The molecule has 7 heteroatoms. The number of H-pyrrole nitrogens is 1. The number of aromatic nitrogens is 2. The zero-order valence-corrected chi connectivity index (χ0v) is 9.93. The highest BCUT2D eigenvalue weighted by atomic mass is 16.5. The topological polar surface area (TPSA) is 87.7 Å². The molecular weight excluding hydrogens is 224 g/mol. The van der Waals surface area contributed by atoms with E-state index in [1.54, 1.807) is 25.9 Å². The minimum absolute atomic E-state index is 0.129. The molecule has 17 heavy (non-hydrogen) atoms. The third kappa shape index (κ3) is 3.71. The average molecular weight is 238 g/mol. The molecule has 1 aromatic rings. The Bertz CT molecular complexity index is 479. The normalized spacial score (nSPS) is 10.5. The van der Waals surface area contributed by atoms with E-state index < -0.39 is 11.5 Å². The second-order valence-electron chi connectivity index (χ2n) is 3.38. The summed E-state index contributed by atoms with van der Waals surface area (Å²) in [5.74, 6) is -0.555. The van der Waals surface area contributed by atoms with Gasteiger partial charge in [0.2, 0.25) is 5.95 Å². The fraction of sp³-hybridized carbons (Fsp3) is 0.400. The van der Waals surface area contributed by atoms with Crippen LogP contribution in [0, 0.1) is 0 Å². The summed E-state index contributed by atoms with van der Waals surface area (Å²) in [5.41, 5.74) is -0.694. The van der Waals surface area contributed by atoms with Crippen LogP contribution in [0.1, 0.15) is 17.3 Å². The molecule has 0 amide bonds. The van der Waals surface area contributed by atoms with Crippen LogP contribution >= 0.6 is 0 Å². The van der Waals surface area contributed by atoms with Gasteiger partial charge in [-0.2, -0.15) is 0 Å².